The second kappa shape index (κ2) is 9.04. The van der Waals surface area contributed by atoms with E-state index < -0.39 is 0 Å². The molecule has 0 amide bonds. The van der Waals surface area contributed by atoms with E-state index >= 15 is 0 Å². The zero-order chi connectivity index (χ0) is 15.0. The maximum absolute atomic E-state index is 3.78. The second-order valence-corrected chi connectivity index (χ2v) is 7.13. The molecule has 120 valence electrons. The minimum Gasteiger partial charge on any atom is -0.313 e. The summed E-state index contributed by atoms with van der Waals surface area (Å²) in [6.07, 6.45) is 9.42. The standard InChI is InChI=1S/C18H38N2/c1-6-9-10-13-20(16(4)5)15-18(7-2,8-3)14-19-17-11-12-17/h16-17,19H,6-15H2,1-5H3. The molecule has 0 aliphatic heterocycles. The molecule has 1 aliphatic carbocycles. The van der Waals surface area contributed by atoms with Crippen LogP contribution in [0.4, 0.5) is 0 Å². The Morgan fingerprint density at radius 1 is 1.10 bits per heavy atom. The van der Waals surface area contributed by atoms with Gasteiger partial charge in [-0.2, -0.15) is 0 Å². The summed E-state index contributed by atoms with van der Waals surface area (Å²) < 4.78 is 0. The molecule has 0 unspecified atom stereocenters. The minimum atomic E-state index is 0.471. The first-order valence-corrected chi connectivity index (χ1v) is 9.04. The largest absolute Gasteiger partial charge is 0.313 e. The van der Waals surface area contributed by atoms with Crippen LogP contribution in [0.5, 0.6) is 0 Å². The van der Waals surface area contributed by atoms with Crippen molar-refractivity contribution in [2.24, 2.45) is 5.41 Å². The van der Waals surface area contributed by atoms with Crippen LogP contribution in [0, 0.1) is 5.41 Å². The summed E-state index contributed by atoms with van der Waals surface area (Å²) in [6, 6.07) is 1.50. The van der Waals surface area contributed by atoms with Gasteiger partial charge in [0.1, 0.15) is 0 Å². The molecule has 1 fully saturated rings. The molecule has 0 aromatic heterocycles. The number of nitrogens with one attached hydrogen (secondary N) is 1. The predicted octanol–water partition coefficient (Wildman–Crippen LogP) is 4.45. The van der Waals surface area contributed by atoms with E-state index in [-0.39, 0.29) is 0 Å². The summed E-state index contributed by atoms with van der Waals surface area (Å²) in [5.41, 5.74) is 0.471. The summed E-state index contributed by atoms with van der Waals surface area (Å²) in [7, 11) is 0. The lowest BCUT2D eigenvalue weighted by Gasteiger charge is -2.39. The molecule has 0 atom stereocenters. The molecular formula is C18H38N2. The van der Waals surface area contributed by atoms with Crippen molar-refractivity contribution in [2.45, 2.75) is 91.6 Å². The van der Waals surface area contributed by atoms with Crippen molar-refractivity contribution in [1.29, 1.82) is 0 Å². The highest BCUT2D eigenvalue weighted by Crippen LogP contribution is 2.30. The molecule has 1 rings (SSSR count). The fourth-order valence-corrected chi connectivity index (χ4v) is 2.94. The Morgan fingerprint density at radius 3 is 2.20 bits per heavy atom. The Bertz CT molecular complexity index is 242. The Kier molecular flexibility index (Phi) is 8.13. The number of rotatable bonds is 12. The van der Waals surface area contributed by atoms with Crippen LogP contribution in [0.15, 0.2) is 0 Å². The van der Waals surface area contributed by atoms with Crippen LogP contribution < -0.4 is 5.32 Å². The van der Waals surface area contributed by atoms with Crippen LogP contribution in [-0.2, 0) is 0 Å². The van der Waals surface area contributed by atoms with Crippen LogP contribution >= 0.6 is 0 Å². The molecule has 0 aromatic carbocycles. The maximum atomic E-state index is 3.78. The van der Waals surface area contributed by atoms with Gasteiger partial charge < -0.3 is 10.2 Å². The number of hydrogen-bond donors (Lipinski definition) is 1. The van der Waals surface area contributed by atoms with Crippen LogP contribution in [0.2, 0.25) is 0 Å². The summed E-state index contributed by atoms with van der Waals surface area (Å²) >= 11 is 0. The van der Waals surface area contributed by atoms with Crippen LogP contribution in [0.3, 0.4) is 0 Å². The first-order chi connectivity index (χ1) is 9.56. The van der Waals surface area contributed by atoms with E-state index in [1.807, 2.05) is 0 Å². The third-order valence-corrected chi connectivity index (χ3v) is 5.16. The molecule has 0 radical (unpaired) electrons. The molecule has 1 aliphatic rings. The van der Waals surface area contributed by atoms with Gasteiger partial charge >= 0.3 is 0 Å². The van der Waals surface area contributed by atoms with E-state index in [4.69, 9.17) is 0 Å². The fourth-order valence-electron chi connectivity index (χ4n) is 2.94. The Hall–Kier alpha value is -0.0800. The summed E-state index contributed by atoms with van der Waals surface area (Å²) in [4.78, 5) is 2.72. The smallest absolute Gasteiger partial charge is 0.00684 e. The predicted molar refractivity (Wildman–Crippen MR) is 90.3 cm³/mol. The van der Waals surface area contributed by atoms with E-state index in [1.165, 1.54) is 64.6 Å². The van der Waals surface area contributed by atoms with E-state index in [0.29, 0.717) is 11.5 Å². The molecule has 1 saturated carbocycles. The first-order valence-electron chi connectivity index (χ1n) is 9.04. The molecular weight excluding hydrogens is 244 g/mol. The van der Waals surface area contributed by atoms with Crippen LogP contribution in [0.1, 0.15) is 79.6 Å². The van der Waals surface area contributed by atoms with Gasteiger partial charge in [0.15, 0.2) is 0 Å². The molecule has 20 heavy (non-hydrogen) atoms. The Balaban J connectivity index is 2.52. The molecule has 0 bridgehead atoms. The van der Waals surface area contributed by atoms with Gasteiger partial charge in [-0.1, -0.05) is 33.6 Å². The topological polar surface area (TPSA) is 15.3 Å². The molecule has 1 N–H and O–H groups in total. The molecule has 2 nitrogen and oxygen atoms in total. The average molecular weight is 283 g/mol. The molecule has 0 heterocycles. The zero-order valence-electron chi connectivity index (χ0n) is 14.7. The van der Waals surface area contributed by atoms with Gasteiger partial charge in [-0.3, -0.25) is 0 Å². The van der Waals surface area contributed by atoms with Crippen molar-refractivity contribution in [3.63, 3.8) is 0 Å². The highest BCUT2D eigenvalue weighted by atomic mass is 15.2. The SMILES string of the molecule is CCCCCN(CC(CC)(CC)CNC1CC1)C(C)C. The molecule has 0 spiro atoms. The van der Waals surface area contributed by atoms with Crippen molar-refractivity contribution >= 4 is 0 Å². The van der Waals surface area contributed by atoms with Gasteiger partial charge in [-0.15, -0.1) is 0 Å². The van der Waals surface area contributed by atoms with Crippen molar-refractivity contribution in [3.8, 4) is 0 Å². The zero-order valence-corrected chi connectivity index (χ0v) is 14.7. The monoisotopic (exact) mass is 282 g/mol. The molecule has 0 aromatic rings. The second-order valence-electron chi connectivity index (χ2n) is 7.13. The van der Waals surface area contributed by atoms with E-state index in [0.717, 1.165) is 6.04 Å². The summed E-state index contributed by atoms with van der Waals surface area (Å²) in [5, 5.41) is 3.78. The van der Waals surface area contributed by atoms with Crippen LogP contribution in [0.25, 0.3) is 0 Å². The maximum Gasteiger partial charge on any atom is 0.00684 e. The van der Waals surface area contributed by atoms with E-state index in [1.54, 1.807) is 0 Å². The molecule has 2 heteroatoms. The quantitative estimate of drug-likeness (QED) is 0.532. The van der Waals surface area contributed by atoms with Gasteiger partial charge in [-0.05, 0) is 57.9 Å². The summed E-state index contributed by atoms with van der Waals surface area (Å²) in [6.45, 7) is 15.5. The Morgan fingerprint density at radius 2 is 1.75 bits per heavy atom. The van der Waals surface area contributed by atoms with Gasteiger partial charge in [0.05, 0.1) is 0 Å². The normalized spacial score (nSPS) is 16.4. The number of unbranched alkanes of at least 4 members (excludes halogenated alkanes) is 2. The lowest BCUT2D eigenvalue weighted by atomic mass is 9.81. The van der Waals surface area contributed by atoms with E-state index in [2.05, 4.69) is 44.8 Å². The number of hydrogen-bond acceptors (Lipinski definition) is 2. The van der Waals surface area contributed by atoms with Crippen molar-refractivity contribution in [1.82, 2.24) is 10.2 Å². The minimum absolute atomic E-state index is 0.471. The highest BCUT2D eigenvalue weighted by Gasteiger charge is 2.32. The third kappa shape index (κ3) is 6.13. The van der Waals surface area contributed by atoms with Crippen molar-refractivity contribution < 1.29 is 0 Å². The third-order valence-electron chi connectivity index (χ3n) is 5.16. The number of nitrogens with zero attached hydrogens (tertiary/aromatic N) is 1. The first kappa shape index (κ1) is 18.0. The van der Waals surface area contributed by atoms with Crippen molar-refractivity contribution in [2.75, 3.05) is 19.6 Å². The van der Waals surface area contributed by atoms with Crippen molar-refractivity contribution in [3.05, 3.63) is 0 Å². The van der Waals surface area contributed by atoms with Gasteiger partial charge in [0.25, 0.3) is 0 Å². The summed E-state index contributed by atoms with van der Waals surface area (Å²) in [5.74, 6) is 0. The van der Waals surface area contributed by atoms with E-state index in [9.17, 15) is 0 Å². The van der Waals surface area contributed by atoms with Gasteiger partial charge in [-0.25, -0.2) is 0 Å². The average Bonchev–Trinajstić information content (AvgIpc) is 3.26. The lowest BCUT2D eigenvalue weighted by molar-refractivity contribution is 0.107. The lowest BCUT2D eigenvalue weighted by Crippen LogP contribution is -2.46. The Labute approximate surface area is 127 Å². The van der Waals surface area contributed by atoms with Crippen LogP contribution in [-0.4, -0.2) is 36.6 Å². The highest BCUT2D eigenvalue weighted by molar-refractivity contribution is 4.89. The van der Waals surface area contributed by atoms with Gasteiger partial charge in [0.2, 0.25) is 0 Å². The molecule has 0 saturated heterocycles. The van der Waals surface area contributed by atoms with Gasteiger partial charge in [0, 0.05) is 25.2 Å². The fraction of sp³-hybridized carbons (Fsp3) is 1.00.